The van der Waals surface area contributed by atoms with Crippen molar-refractivity contribution < 1.29 is 17.6 Å². The van der Waals surface area contributed by atoms with Crippen LogP contribution in [-0.2, 0) is 21.2 Å². The summed E-state index contributed by atoms with van der Waals surface area (Å²) in [6.45, 7) is 0.248. The van der Waals surface area contributed by atoms with Crippen molar-refractivity contribution in [2.75, 3.05) is 11.5 Å². The molecule has 0 aliphatic carbocycles. The maximum atomic E-state index is 13.3. The molecule has 0 saturated carbocycles. The third-order valence-corrected chi connectivity index (χ3v) is 7.04. The molecule has 0 spiro atoms. The van der Waals surface area contributed by atoms with Gasteiger partial charge in [-0.1, -0.05) is 18.2 Å². The second-order valence-corrected chi connectivity index (χ2v) is 9.77. The summed E-state index contributed by atoms with van der Waals surface area (Å²) in [5.41, 5.74) is 3.06. The van der Waals surface area contributed by atoms with Gasteiger partial charge >= 0.3 is 0 Å². The summed E-state index contributed by atoms with van der Waals surface area (Å²) in [6, 6.07) is 15.6. The van der Waals surface area contributed by atoms with Gasteiger partial charge in [-0.05, 0) is 48.7 Å². The second-order valence-electron chi connectivity index (χ2n) is 7.54. The Balaban J connectivity index is 1.53. The Morgan fingerprint density at radius 1 is 1.13 bits per heavy atom. The summed E-state index contributed by atoms with van der Waals surface area (Å²) in [5, 5.41) is 7.52. The topological polar surface area (TPSA) is 81.1 Å². The van der Waals surface area contributed by atoms with Crippen LogP contribution in [0.3, 0.4) is 0 Å². The minimum absolute atomic E-state index is 0.0766. The van der Waals surface area contributed by atoms with Gasteiger partial charge < -0.3 is 5.32 Å². The van der Waals surface area contributed by atoms with E-state index in [-0.39, 0.29) is 42.1 Å². The number of benzene rings is 2. The van der Waals surface area contributed by atoms with Crippen LogP contribution in [0.15, 0.2) is 60.8 Å². The number of rotatable bonds is 6. The molecule has 0 unspecified atom stereocenters. The number of carbonyl (C=O) groups excluding carboxylic acids is 1. The molecule has 2 aromatic carbocycles. The maximum absolute atomic E-state index is 13.3. The van der Waals surface area contributed by atoms with E-state index in [1.807, 2.05) is 36.5 Å². The van der Waals surface area contributed by atoms with Gasteiger partial charge in [-0.15, -0.1) is 0 Å². The first-order chi connectivity index (χ1) is 14.4. The Morgan fingerprint density at radius 3 is 2.53 bits per heavy atom. The number of nitrogens with one attached hydrogen (secondary N) is 1. The predicted molar refractivity (Wildman–Crippen MR) is 112 cm³/mol. The van der Waals surface area contributed by atoms with Crippen LogP contribution in [-0.4, -0.2) is 35.6 Å². The van der Waals surface area contributed by atoms with E-state index in [4.69, 9.17) is 0 Å². The first-order valence-corrected chi connectivity index (χ1v) is 11.6. The zero-order valence-corrected chi connectivity index (χ0v) is 17.1. The summed E-state index contributed by atoms with van der Waals surface area (Å²) in [7, 11) is -3.01. The molecule has 1 atom stereocenters. The Morgan fingerprint density at radius 2 is 1.87 bits per heavy atom. The van der Waals surface area contributed by atoms with Gasteiger partial charge in [0.05, 0.1) is 22.9 Å². The van der Waals surface area contributed by atoms with E-state index in [0.717, 1.165) is 16.8 Å². The van der Waals surface area contributed by atoms with Gasteiger partial charge in [-0.25, -0.2) is 17.5 Å². The van der Waals surface area contributed by atoms with E-state index in [9.17, 15) is 17.6 Å². The van der Waals surface area contributed by atoms with Gasteiger partial charge in [0.2, 0.25) is 5.91 Å². The molecule has 1 fully saturated rings. The molecule has 1 amide bonds. The van der Waals surface area contributed by atoms with E-state index < -0.39 is 9.84 Å². The van der Waals surface area contributed by atoms with E-state index >= 15 is 0 Å². The number of halogens is 1. The number of aromatic nitrogens is 2. The van der Waals surface area contributed by atoms with Gasteiger partial charge in [0.25, 0.3) is 0 Å². The summed E-state index contributed by atoms with van der Waals surface area (Å²) < 4.78 is 38.3. The van der Waals surface area contributed by atoms with E-state index in [0.29, 0.717) is 12.1 Å². The van der Waals surface area contributed by atoms with Gasteiger partial charge in [-0.2, -0.15) is 5.10 Å². The Labute approximate surface area is 174 Å². The van der Waals surface area contributed by atoms with Crippen molar-refractivity contribution in [3.8, 4) is 16.9 Å². The zero-order chi connectivity index (χ0) is 21.1. The van der Waals surface area contributed by atoms with E-state index in [2.05, 4.69) is 10.4 Å². The zero-order valence-electron chi connectivity index (χ0n) is 16.3. The number of sulfone groups is 1. The van der Waals surface area contributed by atoms with E-state index in [1.54, 1.807) is 16.8 Å². The molecule has 2 heterocycles. The van der Waals surface area contributed by atoms with Gasteiger partial charge in [-0.3, -0.25) is 4.79 Å². The molecule has 1 aliphatic heterocycles. The SMILES string of the molecule is O=C(C[C@@H]1CCS(=O)(=O)C1)NCc1cn(-c2ccccc2)nc1-c1ccc(F)cc1. The third-order valence-electron chi connectivity index (χ3n) is 5.21. The number of hydrogen-bond donors (Lipinski definition) is 1. The molecule has 3 aromatic rings. The predicted octanol–water partition coefficient (Wildman–Crippen LogP) is 3.12. The average Bonchev–Trinajstić information content (AvgIpc) is 3.30. The van der Waals surface area contributed by atoms with Crippen LogP contribution in [0.25, 0.3) is 16.9 Å². The lowest BCUT2D eigenvalue weighted by molar-refractivity contribution is -0.122. The largest absolute Gasteiger partial charge is 0.352 e. The number of hydrogen-bond acceptors (Lipinski definition) is 4. The second kappa shape index (κ2) is 8.39. The molecule has 156 valence electrons. The van der Waals surface area contributed by atoms with Crippen LogP contribution >= 0.6 is 0 Å². The highest BCUT2D eigenvalue weighted by Gasteiger charge is 2.29. The molecule has 1 aliphatic rings. The first-order valence-electron chi connectivity index (χ1n) is 9.77. The van der Waals surface area contributed by atoms with Crippen molar-refractivity contribution in [2.24, 2.45) is 5.92 Å². The molecule has 6 nitrogen and oxygen atoms in total. The summed E-state index contributed by atoms with van der Waals surface area (Å²) in [4.78, 5) is 12.4. The number of para-hydroxylation sites is 1. The van der Waals surface area contributed by atoms with Crippen LogP contribution in [0.2, 0.25) is 0 Å². The molecule has 30 heavy (non-hydrogen) atoms. The van der Waals surface area contributed by atoms with Crippen LogP contribution in [0.1, 0.15) is 18.4 Å². The molecular weight excluding hydrogens is 405 g/mol. The highest BCUT2D eigenvalue weighted by molar-refractivity contribution is 7.91. The Bertz CT molecular complexity index is 1140. The highest BCUT2D eigenvalue weighted by atomic mass is 32.2. The molecule has 0 radical (unpaired) electrons. The van der Waals surface area contributed by atoms with Crippen molar-refractivity contribution in [1.29, 1.82) is 0 Å². The fraction of sp³-hybridized carbons (Fsp3) is 0.273. The lowest BCUT2D eigenvalue weighted by atomic mass is 10.0. The molecule has 8 heteroatoms. The van der Waals surface area contributed by atoms with Crippen LogP contribution in [0.4, 0.5) is 4.39 Å². The number of carbonyl (C=O) groups is 1. The fourth-order valence-electron chi connectivity index (χ4n) is 3.66. The number of amides is 1. The Hall–Kier alpha value is -3.00. The lowest BCUT2D eigenvalue weighted by Gasteiger charge is -2.09. The van der Waals surface area contributed by atoms with Crippen LogP contribution < -0.4 is 5.32 Å². The van der Waals surface area contributed by atoms with Crippen molar-refractivity contribution in [3.05, 3.63) is 72.2 Å². The standard InChI is InChI=1S/C22H22FN3O3S/c23-19-8-6-17(7-9-19)22-18(14-26(25-22)20-4-2-1-3-5-20)13-24-21(27)12-16-10-11-30(28,29)15-16/h1-9,14,16H,10-13,15H2,(H,24,27)/t16-/m0/s1. The van der Waals surface area contributed by atoms with Crippen molar-refractivity contribution in [2.45, 2.75) is 19.4 Å². The van der Waals surface area contributed by atoms with Crippen LogP contribution in [0.5, 0.6) is 0 Å². The molecule has 4 rings (SSSR count). The summed E-state index contributed by atoms with van der Waals surface area (Å²) in [5.74, 6) is -0.410. The Kier molecular flexibility index (Phi) is 5.67. The van der Waals surface area contributed by atoms with Crippen molar-refractivity contribution in [1.82, 2.24) is 15.1 Å². The average molecular weight is 428 g/mol. The molecule has 1 N–H and O–H groups in total. The maximum Gasteiger partial charge on any atom is 0.220 e. The molecule has 1 saturated heterocycles. The minimum Gasteiger partial charge on any atom is -0.352 e. The quantitative estimate of drug-likeness (QED) is 0.655. The summed E-state index contributed by atoms with van der Waals surface area (Å²) >= 11 is 0. The number of nitrogens with zero attached hydrogens (tertiary/aromatic N) is 2. The van der Waals surface area contributed by atoms with Crippen LogP contribution in [0, 0.1) is 11.7 Å². The third kappa shape index (κ3) is 4.76. The van der Waals surface area contributed by atoms with Gasteiger partial charge in [0.1, 0.15) is 5.82 Å². The monoisotopic (exact) mass is 427 g/mol. The lowest BCUT2D eigenvalue weighted by Crippen LogP contribution is -2.25. The van der Waals surface area contributed by atoms with Gasteiger partial charge in [0, 0.05) is 30.3 Å². The normalized spacial score (nSPS) is 17.7. The summed E-state index contributed by atoms with van der Waals surface area (Å²) in [6.07, 6.45) is 2.56. The molecule has 1 aromatic heterocycles. The molecular formula is C22H22FN3O3S. The molecule has 0 bridgehead atoms. The minimum atomic E-state index is -3.01. The van der Waals surface area contributed by atoms with Crippen molar-refractivity contribution >= 4 is 15.7 Å². The highest BCUT2D eigenvalue weighted by Crippen LogP contribution is 2.25. The van der Waals surface area contributed by atoms with Gasteiger partial charge in [0.15, 0.2) is 9.84 Å². The smallest absolute Gasteiger partial charge is 0.220 e. The first kappa shape index (κ1) is 20.3. The van der Waals surface area contributed by atoms with E-state index in [1.165, 1.54) is 12.1 Å². The fourth-order valence-corrected chi connectivity index (χ4v) is 5.53. The van der Waals surface area contributed by atoms with Crippen molar-refractivity contribution in [3.63, 3.8) is 0 Å².